The van der Waals surface area contributed by atoms with Crippen LogP contribution >= 0.6 is 11.3 Å². The van der Waals surface area contributed by atoms with Crippen LogP contribution in [0.25, 0.3) is 0 Å². The van der Waals surface area contributed by atoms with Crippen LogP contribution in [0.15, 0.2) is 35.7 Å². The van der Waals surface area contributed by atoms with Gasteiger partial charge in [-0.3, -0.25) is 14.6 Å². The molecule has 1 atom stereocenters. The Kier molecular flexibility index (Phi) is 5.62. The van der Waals surface area contributed by atoms with Crippen LogP contribution < -0.4 is 0 Å². The number of piperazine rings is 1. The van der Waals surface area contributed by atoms with Gasteiger partial charge in [0.15, 0.2) is 0 Å². The van der Waals surface area contributed by atoms with Crippen molar-refractivity contribution in [2.75, 3.05) is 39.3 Å². The monoisotopic (exact) mass is 383 g/mol. The zero-order valence-corrected chi connectivity index (χ0v) is 17.2. The van der Waals surface area contributed by atoms with Crippen LogP contribution in [-0.4, -0.2) is 59.9 Å². The molecule has 5 heteroatoms. The third-order valence-electron chi connectivity index (χ3n) is 5.96. The largest absolute Gasteiger partial charge is 0.339 e. The predicted octanol–water partition coefficient (Wildman–Crippen LogP) is 3.32. The maximum Gasteiger partial charge on any atom is 0.236 e. The molecule has 27 heavy (non-hydrogen) atoms. The molecule has 2 aromatic rings. The molecule has 1 aromatic carbocycles. The molecule has 1 aromatic heterocycles. The lowest BCUT2D eigenvalue weighted by Crippen LogP contribution is -2.51. The average molecular weight is 384 g/mol. The first-order valence-corrected chi connectivity index (χ1v) is 10.8. The number of rotatable bonds is 4. The molecule has 0 N–H and O–H groups in total. The maximum absolute atomic E-state index is 12.8. The van der Waals surface area contributed by atoms with Crippen molar-refractivity contribution in [3.05, 3.63) is 57.3 Å². The molecule has 0 saturated carbocycles. The Bertz CT molecular complexity index is 794. The fraction of sp³-hybridized carbons (Fsp3) is 0.500. The number of hydrogen-bond donors (Lipinski definition) is 0. The third kappa shape index (κ3) is 4.26. The molecule has 0 unspecified atom stereocenters. The van der Waals surface area contributed by atoms with Gasteiger partial charge in [0.25, 0.3) is 0 Å². The molecule has 4 nitrogen and oxygen atoms in total. The zero-order chi connectivity index (χ0) is 18.8. The SMILES string of the molecule is Cc1cccc(CN2CCN(C(=O)CN3CCc4sccc4[C@@H]3C)CC2)c1. The Morgan fingerprint density at radius 3 is 2.74 bits per heavy atom. The standard InChI is InChI=1S/C22H29N3OS/c1-17-4-3-5-19(14-17)15-23-9-11-24(12-10-23)22(26)16-25-8-6-21-20(18(25)2)7-13-27-21/h3-5,7,13-14,18H,6,8-12,15-16H2,1-2H3/t18-/m0/s1. The van der Waals surface area contributed by atoms with Gasteiger partial charge in [0.2, 0.25) is 5.91 Å². The minimum atomic E-state index is 0.288. The topological polar surface area (TPSA) is 26.8 Å². The molecule has 1 fully saturated rings. The van der Waals surface area contributed by atoms with Gasteiger partial charge in [-0.15, -0.1) is 11.3 Å². The highest BCUT2D eigenvalue weighted by Crippen LogP contribution is 2.32. The Hall–Kier alpha value is -1.69. The summed E-state index contributed by atoms with van der Waals surface area (Å²) in [5.41, 5.74) is 4.09. The molecule has 3 heterocycles. The summed E-state index contributed by atoms with van der Waals surface area (Å²) in [6.45, 7) is 10.5. The summed E-state index contributed by atoms with van der Waals surface area (Å²) in [6, 6.07) is 11.3. The van der Waals surface area contributed by atoms with E-state index in [0.29, 0.717) is 12.6 Å². The van der Waals surface area contributed by atoms with E-state index >= 15 is 0 Å². The highest BCUT2D eigenvalue weighted by Gasteiger charge is 2.28. The first-order valence-electron chi connectivity index (χ1n) is 9.96. The van der Waals surface area contributed by atoms with Crippen molar-refractivity contribution >= 4 is 17.2 Å². The van der Waals surface area contributed by atoms with Gasteiger partial charge in [0.1, 0.15) is 0 Å². The predicted molar refractivity (Wildman–Crippen MR) is 111 cm³/mol. The van der Waals surface area contributed by atoms with E-state index in [1.54, 1.807) is 0 Å². The summed E-state index contributed by atoms with van der Waals surface area (Å²) in [5, 5.41) is 2.18. The summed E-state index contributed by atoms with van der Waals surface area (Å²) >= 11 is 1.85. The quantitative estimate of drug-likeness (QED) is 0.810. The van der Waals surface area contributed by atoms with Crippen molar-refractivity contribution in [1.29, 1.82) is 0 Å². The van der Waals surface area contributed by atoms with Gasteiger partial charge < -0.3 is 4.90 Å². The number of hydrogen-bond acceptors (Lipinski definition) is 4. The Morgan fingerprint density at radius 1 is 1.15 bits per heavy atom. The normalized spacial score (nSPS) is 21.3. The van der Waals surface area contributed by atoms with E-state index in [1.807, 2.05) is 11.3 Å². The summed E-state index contributed by atoms with van der Waals surface area (Å²) in [6.07, 6.45) is 1.08. The van der Waals surface area contributed by atoms with Crippen LogP contribution in [0.1, 0.15) is 34.5 Å². The summed E-state index contributed by atoms with van der Waals surface area (Å²) in [5.74, 6) is 0.288. The Balaban J connectivity index is 1.28. The van der Waals surface area contributed by atoms with Gasteiger partial charge in [-0.05, 0) is 42.8 Å². The minimum Gasteiger partial charge on any atom is -0.339 e. The fourth-order valence-corrected chi connectivity index (χ4v) is 5.24. The van der Waals surface area contributed by atoms with Crippen LogP contribution in [0, 0.1) is 6.92 Å². The van der Waals surface area contributed by atoms with E-state index in [0.717, 1.165) is 45.7 Å². The van der Waals surface area contributed by atoms with Crippen molar-refractivity contribution in [2.24, 2.45) is 0 Å². The molecule has 1 amide bonds. The maximum atomic E-state index is 12.8. The molecule has 0 bridgehead atoms. The smallest absolute Gasteiger partial charge is 0.236 e. The van der Waals surface area contributed by atoms with Crippen LogP contribution in [0.4, 0.5) is 0 Å². The van der Waals surface area contributed by atoms with E-state index < -0.39 is 0 Å². The van der Waals surface area contributed by atoms with Crippen LogP contribution in [0.5, 0.6) is 0 Å². The number of carbonyl (C=O) groups excluding carboxylic acids is 1. The molecule has 2 aliphatic heterocycles. The van der Waals surface area contributed by atoms with Crippen molar-refractivity contribution in [3.63, 3.8) is 0 Å². The second-order valence-corrected chi connectivity index (χ2v) is 8.84. The molecule has 1 saturated heterocycles. The lowest BCUT2D eigenvalue weighted by Gasteiger charge is -2.38. The van der Waals surface area contributed by atoms with Gasteiger partial charge in [-0.2, -0.15) is 0 Å². The number of nitrogens with zero attached hydrogens (tertiary/aromatic N) is 3. The van der Waals surface area contributed by atoms with Gasteiger partial charge in [-0.25, -0.2) is 0 Å². The van der Waals surface area contributed by atoms with Crippen LogP contribution in [-0.2, 0) is 17.8 Å². The Morgan fingerprint density at radius 2 is 1.96 bits per heavy atom. The second-order valence-electron chi connectivity index (χ2n) is 7.84. The summed E-state index contributed by atoms with van der Waals surface area (Å²) in [4.78, 5) is 21.2. The fourth-order valence-electron chi connectivity index (χ4n) is 4.28. The zero-order valence-electron chi connectivity index (χ0n) is 16.4. The number of fused-ring (bicyclic) bond motifs is 1. The van der Waals surface area contributed by atoms with Crippen molar-refractivity contribution in [2.45, 2.75) is 32.9 Å². The molecule has 0 spiro atoms. The summed E-state index contributed by atoms with van der Waals surface area (Å²) in [7, 11) is 0. The number of aryl methyl sites for hydroxylation is 1. The lowest BCUT2D eigenvalue weighted by atomic mass is 10.0. The number of carbonyl (C=O) groups is 1. The number of thiophene rings is 1. The van der Waals surface area contributed by atoms with Gasteiger partial charge in [0, 0.05) is 50.2 Å². The van der Waals surface area contributed by atoms with E-state index in [1.165, 1.54) is 21.6 Å². The van der Waals surface area contributed by atoms with Crippen molar-refractivity contribution < 1.29 is 4.79 Å². The number of benzene rings is 1. The second kappa shape index (κ2) is 8.13. The van der Waals surface area contributed by atoms with Crippen molar-refractivity contribution in [3.8, 4) is 0 Å². The highest BCUT2D eigenvalue weighted by molar-refractivity contribution is 7.10. The highest BCUT2D eigenvalue weighted by atomic mass is 32.1. The number of amides is 1. The van der Waals surface area contributed by atoms with Gasteiger partial charge in [0.05, 0.1) is 6.54 Å². The van der Waals surface area contributed by atoms with E-state index in [9.17, 15) is 4.79 Å². The molecule has 144 valence electrons. The molecule has 2 aliphatic rings. The van der Waals surface area contributed by atoms with Crippen LogP contribution in [0.2, 0.25) is 0 Å². The Labute approximate surface area is 166 Å². The minimum absolute atomic E-state index is 0.288. The third-order valence-corrected chi connectivity index (χ3v) is 6.95. The molecular weight excluding hydrogens is 354 g/mol. The lowest BCUT2D eigenvalue weighted by molar-refractivity contribution is -0.134. The van der Waals surface area contributed by atoms with E-state index in [-0.39, 0.29) is 5.91 Å². The van der Waals surface area contributed by atoms with E-state index in [4.69, 9.17) is 0 Å². The average Bonchev–Trinajstić information content (AvgIpc) is 3.14. The molecule has 0 aliphatic carbocycles. The molecule has 0 radical (unpaired) electrons. The first kappa shape index (κ1) is 18.7. The van der Waals surface area contributed by atoms with Crippen molar-refractivity contribution in [1.82, 2.24) is 14.7 Å². The van der Waals surface area contributed by atoms with Crippen LogP contribution in [0.3, 0.4) is 0 Å². The molecule has 4 rings (SSSR count). The van der Waals surface area contributed by atoms with Gasteiger partial charge >= 0.3 is 0 Å². The van der Waals surface area contributed by atoms with Gasteiger partial charge in [-0.1, -0.05) is 29.8 Å². The first-order chi connectivity index (χ1) is 13.1. The summed E-state index contributed by atoms with van der Waals surface area (Å²) < 4.78 is 0. The molecular formula is C22H29N3OS. The van der Waals surface area contributed by atoms with E-state index in [2.05, 4.69) is 64.3 Å².